The third-order valence-corrected chi connectivity index (χ3v) is 10.1. The molecule has 0 radical (unpaired) electrons. The van der Waals surface area contributed by atoms with Gasteiger partial charge >= 0.3 is 0 Å². The molecule has 4 aromatic carbocycles. The molecule has 8 unspecified atom stereocenters. The van der Waals surface area contributed by atoms with Crippen molar-refractivity contribution in [1.82, 2.24) is 0 Å². The van der Waals surface area contributed by atoms with Crippen LogP contribution in [0.2, 0.25) is 0 Å². The average Bonchev–Trinajstić information content (AvgIpc) is 3.77. The molecule has 11 heteroatoms. The summed E-state index contributed by atoms with van der Waals surface area (Å²) in [7, 11) is 6.31. The number of aliphatic hydroxyl groups excluding tert-OH is 2. The third kappa shape index (κ3) is 7.39. The van der Waals surface area contributed by atoms with E-state index in [1.165, 1.54) is 0 Å². The van der Waals surface area contributed by atoms with E-state index < -0.39 is 24.4 Å². The van der Waals surface area contributed by atoms with Crippen LogP contribution in [0.15, 0.2) is 72.8 Å². The Balaban J connectivity index is 1.14. The first-order chi connectivity index (χ1) is 25.1. The fourth-order valence-corrected chi connectivity index (χ4v) is 6.84. The predicted octanol–water partition coefficient (Wildman–Crippen LogP) is 7.54. The van der Waals surface area contributed by atoms with Crippen LogP contribution in [0.5, 0.6) is 46.0 Å². The third-order valence-electron chi connectivity index (χ3n) is 10.1. The van der Waals surface area contributed by atoms with Crippen LogP contribution in [0.4, 0.5) is 0 Å². The highest BCUT2D eigenvalue weighted by Crippen LogP contribution is 2.51. The zero-order chi connectivity index (χ0) is 37.1. The fourth-order valence-electron chi connectivity index (χ4n) is 6.84. The molecule has 1 saturated heterocycles. The van der Waals surface area contributed by atoms with E-state index in [4.69, 9.17) is 42.6 Å². The van der Waals surface area contributed by atoms with Gasteiger partial charge in [0.05, 0.1) is 40.6 Å². The predicted molar refractivity (Wildman–Crippen MR) is 193 cm³/mol. The quantitative estimate of drug-likeness (QED) is 0.135. The van der Waals surface area contributed by atoms with Gasteiger partial charge in [-0.05, 0) is 96.5 Å². The summed E-state index contributed by atoms with van der Waals surface area (Å²) < 4.78 is 52.3. The highest BCUT2D eigenvalue weighted by molar-refractivity contribution is 5.48. The Morgan fingerprint density at radius 2 is 0.981 bits per heavy atom. The lowest BCUT2D eigenvalue weighted by molar-refractivity contribution is 0.0281. The first-order valence-corrected chi connectivity index (χ1v) is 17.4. The van der Waals surface area contributed by atoms with Crippen molar-refractivity contribution in [2.24, 2.45) is 11.8 Å². The fraction of sp³-hybridized carbons (Fsp3) is 0.415. The summed E-state index contributed by atoms with van der Waals surface area (Å²) in [5.41, 5.74) is 3.22. The molecule has 2 aliphatic rings. The van der Waals surface area contributed by atoms with E-state index in [0.717, 1.165) is 11.1 Å². The topological polar surface area (TPSA) is 124 Å². The van der Waals surface area contributed by atoms with Gasteiger partial charge in [0.25, 0.3) is 0 Å². The maximum absolute atomic E-state index is 11.1. The first kappa shape index (κ1) is 36.9. The van der Waals surface area contributed by atoms with Crippen LogP contribution >= 0.6 is 0 Å². The number of hydrogen-bond donors (Lipinski definition) is 2. The van der Waals surface area contributed by atoms with Crippen LogP contribution in [0, 0.1) is 11.8 Å². The zero-order valence-corrected chi connectivity index (χ0v) is 30.8. The maximum Gasteiger partial charge on any atom is 0.231 e. The van der Waals surface area contributed by atoms with Crippen molar-refractivity contribution in [2.45, 2.75) is 64.3 Å². The molecule has 0 bridgehead atoms. The van der Waals surface area contributed by atoms with Crippen molar-refractivity contribution in [1.29, 1.82) is 0 Å². The Kier molecular flexibility index (Phi) is 11.2. The standard InChI is InChI=1S/C41H48O11/c1-22-23(2)41(29-12-16-33(36(20-29)47-8)51-25(4)39(43)27-10-14-31-37(18-27)49-21-48-31)52-40(22)28-11-15-32(35(19-28)46-7)50-24(3)38(42)26-9-13-30(44-5)34(17-26)45-6/h9-20,22-25,38-43H,21H2,1-8H3. The van der Waals surface area contributed by atoms with Crippen molar-refractivity contribution >= 4 is 0 Å². The molecule has 2 heterocycles. The summed E-state index contributed by atoms with van der Waals surface area (Å²) in [5.74, 6) is 4.80. The molecule has 2 N–H and O–H groups in total. The minimum Gasteiger partial charge on any atom is -0.493 e. The first-order valence-electron chi connectivity index (χ1n) is 17.4. The molecule has 0 saturated carbocycles. The summed E-state index contributed by atoms with van der Waals surface area (Å²) in [6.07, 6.45) is -3.43. The number of fused-ring (bicyclic) bond motifs is 1. The normalized spacial score (nSPS) is 21.5. The van der Waals surface area contributed by atoms with Gasteiger partial charge in [0.2, 0.25) is 6.79 Å². The highest BCUT2D eigenvalue weighted by Gasteiger charge is 2.41. The SMILES string of the molecule is COc1ccc(C(O)C(C)Oc2ccc(C3OC(c4ccc(OC(C)C(O)c5ccc6c(c5)OCO6)c(OC)c4)C(C)C3C)cc2OC)cc1OC. The van der Waals surface area contributed by atoms with Gasteiger partial charge < -0.3 is 52.8 Å². The Morgan fingerprint density at radius 3 is 1.50 bits per heavy atom. The van der Waals surface area contributed by atoms with Crippen molar-refractivity contribution in [3.63, 3.8) is 0 Å². The molecular weight excluding hydrogens is 668 g/mol. The van der Waals surface area contributed by atoms with Crippen molar-refractivity contribution in [2.75, 3.05) is 35.2 Å². The Morgan fingerprint density at radius 1 is 0.538 bits per heavy atom. The molecule has 6 rings (SSSR count). The second kappa shape index (κ2) is 15.8. The highest BCUT2D eigenvalue weighted by atomic mass is 16.7. The Hall–Kier alpha value is -4.84. The maximum atomic E-state index is 11.1. The van der Waals surface area contributed by atoms with Gasteiger partial charge in [-0.25, -0.2) is 0 Å². The number of ether oxygens (including phenoxy) is 9. The number of hydrogen-bond acceptors (Lipinski definition) is 11. The van der Waals surface area contributed by atoms with Crippen LogP contribution < -0.4 is 37.9 Å². The van der Waals surface area contributed by atoms with Crippen LogP contribution in [-0.2, 0) is 4.74 Å². The molecule has 1 fully saturated rings. The van der Waals surface area contributed by atoms with Crippen molar-refractivity contribution in [3.8, 4) is 46.0 Å². The molecule has 0 spiro atoms. The van der Waals surface area contributed by atoms with Gasteiger partial charge in [0.15, 0.2) is 46.0 Å². The second-order valence-corrected chi connectivity index (χ2v) is 13.3. The summed E-state index contributed by atoms with van der Waals surface area (Å²) in [5, 5.41) is 22.2. The van der Waals surface area contributed by atoms with E-state index in [1.54, 1.807) is 71.8 Å². The average molecular weight is 717 g/mol. The molecule has 0 aromatic heterocycles. The molecular formula is C41H48O11. The van der Waals surface area contributed by atoms with Gasteiger partial charge in [-0.3, -0.25) is 0 Å². The molecule has 0 amide bonds. The monoisotopic (exact) mass is 716 g/mol. The lowest BCUT2D eigenvalue weighted by Crippen LogP contribution is -2.22. The summed E-state index contributed by atoms with van der Waals surface area (Å²) >= 11 is 0. The lowest BCUT2D eigenvalue weighted by Gasteiger charge is -2.24. The van der Waals surface area contributed by atoms with E-state index in [1.807, 2.05) is 43.3 Å². The van der Waals surface area contributed by atoms with Gasteiger partial charge in [-0.2, -0.15) is 0 Å². The number of rotatable bonds is 14. The van der Waals surface area contributed by atoms with E-state index >= 15 is 0 Å². The molecule has 0 aliphatic carbocycles. The Bertz CT molecular complexity index is 1840. The van der Waals surface area contributed by atoms with E-state index in [0.29, 0.717) is 57.1 Å². The van der Waals surface area contributed by atoms with Crippen LogP contribution in [0.25, 0.3) is 0 Å². The second-order valence-electron chi connectivity index (χ2n) is 13.3. The van der Waals surface area contributed by atoms with Gasteiger partial charge in [0.1, 0.15) is 24.4 Å². The van der Waals surface area contributed by atoms with Crippen LogP contribution in [0.3, 0.4) is 0 Å². The lowest BCUT2D eigenvalue weighted by atomic mass is 9.85. The molecule has 8 atom stereocenters. The minimum atomic E-state index is -0.930. The minimum absolute atomic E-state index is 0.164. The zero-order valence-electron chi connectivity index (χ0n) is 30.8. The van der Waals surface area contributed by atoms with Crippen LogP contribution in [0.1, 0.15) is 74.4 Å². The Labute approximate surface area is 304 Å². The number of methoxy groups -OCH3 is 4. The van der Waals surface area contributed by atoms with E-state index in [2.05, 4.69) is 13.8 Å². The molecule has 52 heavy (non-hydrogen) atoms. The largest absolute Gasteiger partial charge is 0.493 e. The van der Waals surface area contributed by atoms with Gasteiger partial charge in [-0.15, -0.1) is 0 Å². The van der Waals surface area contributed by atoms with Crippen molar-refractivity contribution < 1.29 is 52.8 Å². The smallest absolute Gasteiger partial charge is 0.231 e. The summed E-state index contributed by atoms with van der Waals surface area (Å²) in [6.45, 7) is 8.14. The molecule has 2 aliphatic heterocycles. The molecule has 11 nitrogen and oxygen atoms in total. The van der Waals surface area contributed by atoms with E-state index in [-0.39, 0.29) is 30.8 Å². The summed E-state index contributed by atoms with van der Waals surface area (Å²) in [6, 6.07) is 22.2. The van der Waals surface area contributed by atoms with E-state index in [9.17, 15) is 10.2 Å². The molecule has 4 aromatic rings. The van der Waals surface area contributed by atoms with Gasteiger partial charge in [0, 0.05) is 0 Å². The number of aliphatic hydroxyl groups is 2. The summed E-state index contributed by atoms with van der Waals surface area (Å²) in [4.78, 5) is 0. The van der Waals surface area contributed by atoms with Crippen molar-refractivity contribution in [3.05, 3.63) is 95.1 Å². The number of benzene rings is 4. The molecule has 278 valence electrons. The van der Waals surface area contributed by atoms with Gasteiger partial charge in [-0.1, -0.05) is 38.1 Å². The van der Waals surface area contributed by atoms with Crippen LogP contribution in [-0.4, -0.2) is 57.7 Å².